The molecule has 1 aliphatic rings. The number of ether oxygens (including phenoxy) is 1. The highest BCUT2D eigenvalue weighted by molar-refractivity contribution is 5.57. The van der Waals surface area contributed by atoms with Gasteiger partial charge >= 0.3 is 0 Å². The number of morpholine rings is 1. The molecule has 0 spiro atoms. The van der Waals surface area contributed by atoms with Gasteiger partial charge in [0, 0.05) is 30.7 Å². The standard InChI is InChI=1S/C13H14N4O/c1-4-14-5-2-10(1)11-3-6-16-13(17-11)12-9-18-8-7-15-12/h1-6,12,15H,7-9H2. The highest BCUT2D eigenvalue weighted by Gasteiger charge is 2.18. The van der Waals surface area contributed by atoms with Crippen LogP contribution in [0.15, 0.2) is 36.8 Å². The van der Waals surface area contributed by atoms with Gasteiger partial charge in [-0.25, -0.2) is 9.97 Å². The van der Waals surface area contributed by atoms with Gasteiger partial charge in [-0.15, -0.1) is 0 Å². The van der Waals surface area contributed by atoms with E-state index < -0.39 is 0 Å². The third-order valence-corrected chi connectivity index (χ3v) is 2.88. The van der Waals surface area contributed by atoms with E-state index in [1.165, 1.54) is 0 Å². The minimum absolute atomic E-state index is 0.0838. The van der Waals surface area contributed by atoms with Crippen LogP contribution in [0.1, 0.15) is 11.9 Å². The number of hydrogen-bond donors (Lipinski definition) is 1. The predicted molar refractivity (Wildman–Crippen MR) is 66.8 cm³/mol. The average Bonchev–Trinajstić information content (AvgIpc) is 2.49. The summed E-state index contributed by atoms with van der Waals surface area (Å²) in [5.41, 5.74) is 1.96. The molecule has 1 unspecified atom stereocenters. The molecule has 1 atom stereocenters. The summed E-state index contributed by atoms with van der Waals surface area (Å²) in [4.78, 5) is 12.9. The Hall–Kier alpha value is -1.85. The first-order valence-corrected chi connectivity index (χ1v) is 5.98. The first-order chi connectivity index (χ1) is 8.93. The van der Waals surface area contributed by atoms with Crippen molar-refractivity contribution < 1.29 is 4.74 Å². The Labute approximate surface area is 105 Å². The van der Waals surface area contributed by atoms with Crippen LogP contribution in [0.4, 0.5) is 0 Å². The van der Waals surface area contributed by atoms with E-state index in [0.717, 1.165) is 30.2 Å². The maximum absolute atomic E-state index is 5.43. The fourth-order valence-corrected chi connectivity index (χ4v) is 1.96. The first kappa shape index (κ1) is 11.3. The van der Waals surface area contributed by atoms with E-state index in [1.54, 1.807) is 18.6 Å². The highest BCUT2D eigenvalue weighted by atomic mass is 16.5. The second-order valence-corrected chi connectivity index (χ2v) is 4.12. The van der Waals surface area contributed by atoms with Gasteiger partial charge in [-0.3, -0.25) is 4.98 Å². The van der Waals surface area contributed by atoms with Gasteiger partial charge in [0.1, 0.15) is 5.82 Å². The van der Waals surface area contributed by atoms with Crippen LogP contribution in [0.3, 0.4) is 0 Å². The average molecular weight is 242 g/mol. The van der Waals surface area contributed by atoms with E-state index in [9.17, 15) is 0 Å². The summed E-state index contributed by atoms with van der Waals surface area (Å²) in [5, 5.41) is 3.35. The second kappa shape index (κ2) is 5.20. The van der Waals surface area contributed by atoms with Crippen molar-refractivity contribution in [1.29, 1.82) is 0 Å². The first-order valence-electron chi connectivity index (χ1n) is 5.98. The maximum Gasteiger partial charge on any atom is 0.148 e. The molecule has 0 saturated carbocycles. The molecule has 5 nitrogen and oxygen atoms in total. The normalized spacial score (nSPS) is 19.7. The summed E-state index contributed by atoms with van der Waals surface area (Å²) in [6.45, 7) is 2.22. The fraction of sp³-hybridized carbons (Fsp3) is 0.308. The Kier molecular flexibility index (Phi) is 3.25. The number of pyridine rings is 1. The van der Waals surface area contributed by atoms with Gasteiger partial charge in [0.2, 0.25) is 0 Å². The highest BCUT2D eigenvalue weighted by Crippen LogP contribution is 2.18. The molecule has 0 aliphatic carbocycles. The molecule has 18 heavy (non-hydrogen) atoms. The van der Waals surface area contributed by atoms with Crippen molar-refractivity contribution in [3.8, 4) is 11.3 Å². The zero-order valence-electron chi connectivity index (χ0n) is 9.91. The molecule has 1 N–H and O–H groups in total. The molecule has 0 radical (unpaired) electrons. The van der Waals surface area contributed by atoms with Crippen molar-refractivity contribution in [1.82, 2.24) is 20.3 Å². The molecule has 2 aromatic rings. The minimum Gasteiger partial charge on any atom is -0.378 e. The molecular formula is C13H14N4O. The molecule has 3 rings (SSSR count). The number of nitrogens with one attached hydrogen (secondary N) is 1. The van der Waals surface area contributed by atoms with Gasteiger partial charge in [0.25, 0.3) is 0 Å². The van der Waals surface area contributed by atoms with Crippen LogP contribution in [0.5, 0.6) is 0 Å². The molecule has 1 aliphatic heterocycles. The van der Waals surface area contributed by atoms with E-state index in [4.69, 9.17) is 4.74 Å². The summed E-state index contributed by atoms with van der Waals surface area (Å²) in [6, 6.07) is 5.87. The molecule has 0 aromatic carbocycles. The van der Waals surface area contributed by atoms with E-state index in [2.05, 4.69) is 20.3 Å². The summed E-state index contributed by atoms with van der Waals surface area (Å²) >= 11 is 0. The lowest BCUT2D eigenvalue weighted by Gasteiger charge is -2.22. The minimum atomic E-state index is 0.0838. The van der Waals surface area contributed by atoms with Crippen LogP contribution in [0, 0.1) is 0 Å². The zero-order valence-corrected chi connectivity index (χ0v) is 9.91. The molecule has 1 saturated heterocycles. The van der Waals surface area contributed by atoms with Gasteiger partial charge in [-0.2, -0.15) is 0 Å². The summed E-state index contributed by atoms with van der Waals surface area (Å²) in [7, 11) is 0. The number of hydrogen-bond acceptors (Lipinski definition) is 5. The Morgan fingerprint density at radius 2 is 2.06 bits per heavy atom. The lowest BCUT2D eigenvalue weighted by atomic mass is 10.2. The molecule has 3 heterocycles. The molecule has 0 amide bonds. The maximum atomic E-state index is 5.43. The third kappa shape index (κ3) is 2.37. The largest absolute Gasteiger partial charge is 0.378 e. The van der Waals surface area contributed by atoms with Gasteiger partial charge in [-0.05, 0) is 18.2 Å². The Bertz CT molecular complexity index is 511. The SMILES string of the molecule is c1cc(-c2ccnc(C3COCCN3)n2)ccn1. The van der Waals surface area contributed by atoms with E-state index >= 15 is 0 Å². The predicted octanol–water partition coefficient (Wildman–Crippen LogP) is 1.20. The second-order valence-electron chi connectivity index (χ2n) is 4.12. The fourth-order valence-electron chi connectivity index (χ4n) is 1.96. The van der Waals surface area contributed by atoms with Gasteiger partial charge in [0.05, 0.1) is 24.9 Å². The zero-order chi connectivity index (χ0) is 12.2. The Morgan fingerprint density at radius 3 is 2.83 bits per heavy atom. The molecule has 0 bridgehead atoms. The molecule has 2 aromatic heterocycles. The smallest absolute Gasteiger partial charge is 0.148 e. The lowest BCUT2D eigenvalue weighted by molar-refractivity contribution is 0.0742. The van der Waals surface area contributed by atoms with E-state index in [-0.39, 0.29) is 6.04 Å². The Balaban J connectivity index is 1.89. The van der Waals surface area contributed by atoms with Crippen LogP contribution < -0.4 is 5.32 Å². The van der Waals surface area contributed by atoms with Crippen LogP contribution in [0.25, 0.3) is 11.3 Å². The van der Waals surface area contributed by atoms with Crippen molar-refractivity contribution in [2.75, 3.05) is 19.8 Å². The number of aromatic nitrogens is 3. The van der Waals surface area contributed by atoms with Crippen molar-refractivity contribution >= 4 is 0 Å². The van der Waals surface area contributed by atoms with Gasteiger partial charge in [-0.1, -0.05) is 0 Å². The van der Waals surface area contributed by atoms with Crippen molar-refractivity contribution in [2.24, 2.45) is 0 Å². The van der Waals surface area contributed by atoms with Gasteiger partial charge in [0.15, 0.2) is 0 Å². The van der Waals surface area contributed by atoms with Crippen LogP contribution >= 0.6 is 0 Å². The molecule has 5 heteroatoms. The topological polar surface area (TPSA) is 59.9 Å². The van der Waals surface area contributed by atoms with Crippen molar-refractivity contribution in [3.63, 3.8) is 0 Å². The number of rotatable bonds is 2. The van der Waals surface area contributed by atoms with Crippen LogP contribution in [0.2, 0.25) is 0 Å². The van der Waals surface area contributed by atoms with Crippen LogP contribution in [-0.4, -0.2) is 34.7 Å². The molecular weight excluding hydrogens is 228 g/mol. The van der Waals surface area contributed by atoms with Crippen molar-refractivity contribution in [3.05, 3.63) is 42.6 Å². The summed E-state index contributed by atoms with van der Waals surface area (Å²) in [5.74, 6) is 0.781. The molecule has 1 fully saturated rings. The molecule has 92 valence electrons. The quantitative estimate of drug-likeness (QED) is 0.857. The number of nitrogens with zero attached hydrogens (tertiary/aromatic N) is 3. The third-order valence-electron chi connectivity index (χ3n) is 2.88. The van der Waals surface area contributed by atoms with E-state index in [1.807, 2.05) is 18.2 Å². The van der Waals surface area contributed by atoms with E-state index in [0.29, 0.717) is 6.61 Å². The lowest BCUT2D eigenvalue weighted by Crippen LogP contribution is -2.35. The monoisotopic (exact) mass is 242 g/mol. The Morgan fingerprint density at radius 1 is 1.17 bits per heavy atom. The summed E-state index contributed by atoms with van der Waals surface area (Å²) < 4.78 is 5.43. The van der Waals surface area contributed by atoms with Crippen molar-refractivity contribution in [2.45, 2.75) is 6.04 Å². The van der Waals surface area contributed by atoms with Crippen LogP contribution in [-0.2, 0) is 4.74 Å². The summed E-state index contributed by atoms with van der Waals surface area (Å²) in [6.07, 6.45) is 5.31. The van der Waals surface area contributed by atoms with Gasteiger partial charge < -0.3 is 10.1 Å².